The van der Waals surface area contributed by atoms with Crippen LogP contribution in [0.15, 0.2) is 36.5 Å². The van der Waals surface area contributed by atoms with Crippen molar-refractivity contribution in [3.8, 4) is 0 Å². The molecule has 0 radical (unpaired) electrons. The Labute approximate surface area is 129 Å². The zero-order valence-corrected chi connectivity index (χ0v) is 12.8. The van der Waals surface area contributed by atoms with Crippen LogP contribution < -0.4 is 10.6 Å². The van der Waals surface area contributed by atoms with Crippen LogP contribution in [0.1, 0.15) is 30.1 Å². The fraction of sp³-hybridized carbons (Fsp3) is 0.312. The second kappa shape index (κ2) is 7.97. The van der Waals surface area contributed by atoms with Gasteiger partial charge in [-0.15, -0.1) is 0 Å². The third-order valence-corrected chi connectivity index (χ3v) is 3.05. The normalized spacial score (nSPS) is 10.1. The summed E-state index contributed by atoms with van der Waals surface area (Å²) in [6.45, 7) is 3.04. The summed E-state index contributed by atoms with van der Waals surface area (Å²) in [5, 5.41) is 6.36. The lowest BCUT2D eigenvalue weighted by molar-refractivity contribution is 0.0601. The third kappa shape index (κ3) is 4.44. The molecule has 22 heavy (non-hydrogen) atoms. The summed E-state index contributed by atoms with van der Waals surface area (Å²) in [5.74, 6) is 0.939. The van der Waals surface area contributed by atoms with Gasteiger partial charge in [-0.1, -0.05) is 13.3 Å². The van der Waals surface area contributed by atoms with Crippen molar-refractivity contribution in [3.63, 3.8) is 0 Å². The molecule has 1 aromatic heterocycles. The molecule has 116 valence electrons. The standard InChI is InChI=1S/C16H20N4O2/c1-3-4-10-17-14-9-11-18-16(20-14)19-13-7-5-12(6-8-13)15(21)22-2/h5-9,11H,3-4,10H2,1-2H3,(H2,17,18,19,20). The van der Waals surface area contributed by atoms with Gasteiger partial charge in [0.15, 0.2) is 0 Å². The second-order valence-corrected chi connectivity index (χ2v) is 4.74. The second-order valence-electron chi connectivity index (χ2n) is 4.74. The molecule has 2 N–H and O–H groups in total. The van der Waals surface area contributed by atoms with Gasteiger partial charge in [0.2, 0.25) is 5.95 Å². The number of hydrogen-bond acceptors (Lipinski definition) is 6. The number of aromatic nitrogens is 2. The van der Waals surface area contributed by atoms with Crippen molar-refractivity contribution in [1.29, 1.82) is 0 Å². The van der Waals surface area contributed by atoms with Crippen LogP contribution in [0.4, 0.5) is 17.5 Å². The Morgan fingerprint density at radius 3 is 2.68 bits per heavy atom. The molecule has 6 heteroatoms. The minimum Gasteiger partial charge on any atom is -0.465 e. The number of ether oxygens (including phenoxy) is 1. The predicted molar refractivity (Wildman–Crippen MR) is 86.5 cm³/mol. The average Bonchev–Trinajstić information content (AvgIpc) is 2.55. The number of rotatable bonds is 7. The van der Waals surface area contributed by atoms with E-state index < -0.39 is 0 Å². The highest BCUT2D eigenvalue weighted by Crippen LogP contribution is 2.15. The first kappa shape index (κ1) is 15.8. The summed E-state index contributed by atoms with van der Waals surface area (Å²) < 4.78 is 4.66. The Kier molecular flexibility index (Phi) is 5.71. The number of carbonyl (C=O) groups excluding carboxylic acids is 1. The maximum atomic E-state index is 11.4. The van der Waals surface area contributed by atoms with Crippen LogP contribution >= 0.6 is 0 Å². The maximum absolute atomic E-state index is 11.4. The Hall–Kier alpha value is -2.63. The number of methoxy groups -OCH3 is 1. The monoisotopic (exact) mass is 300 g/mol. The highest BCUT2D eigenvalue weighted by molar-refractivity contribution is 5.89. The van der Waals surface area contributed by atoms with Crippen molar-refractivity contribution >= 4 is 23.4 Å². The molecule has 0 aliphatic rings. The smallest absolute Gasteiger partial charge is 0.337 e. The maximum Gasteiger partial charge on any atom is 0.337 e. The molecule has 6 nitrogen and oxygen atoms in total. The molecule has 0 atom stereocenters. The summed E-state index contributed by atoms with van der Waals surface area (Å²) in [7, 11) is 1.36. The highest BCUT2D eigenvalue weighted by atomic mass is 16.5. The van der Waals surface area contributed by atoms with Gasteiger partial charge in [-0.05, 0) is 36.8 Å². The largest absolute Gasteiger partial charge is 0.465 e. The average molecular weight is 300 g/mol. The van der Waals surface area contributed by atoms with E-state index in [-0.39, 0.29) is 5.97 Å². The van der Waals surface area contributed by atoms with Gasteiger partial charge in [0.1, 0.15) is 5.82 Å². The number of unbranched alkanes of at least 4 members (excludes halogenated alkanes) is 1. The molecule has 0 aliphatic heterocycles. The molecular weight excluding hydrogens is 280 g/mol. The van der Waals surface area contributed by atoms with Crippen molar-refractivity contribution < 1.29 is 9.53 Å². The minimum atomic E-state index is -0.357. The van der Waals surface area contributed by atoms with Crippen LogP contribution in [0.2, 0.25) is 0 Å². The first-order valence-corrected chi connectivity index (χ1v) is 7.25. The van der Waals surface area contributed by atoms with Gasteiger partial charge in [-0.3, -0.25) is 0 Å². The van der Waals surface area contributed by atoms with E-state index in [2.05, 4.69) is 32.3 Å². The zero-order valence-electron chi connectivity index (χ0n) is 12.8. The molecule has 2 rings (SSSR count). The lowest BCUT2D eigenvalue weighted by atomic mass is 10.2. The highest BCUT2D eigenvalue weighted by Gasteiger charge is 2.05. The van der Waals surface area contributed by atoms with E-state index >= 15 is 0 Å². The zero-order chi connectivity index (χ0) is 15.8. The van der Waals surface area contributed by atoms with E-state index in [9.17, 15) is 4.79 Å². The molecule has 0 aliphatic carbocycles. The van der Waals surface area contributed by atoms with Crippen molar-refractivity contribution in [2.75, 3.05) is 24.3 Å². The molecular formula is C16H20N4O2. The lowest BCUT2D eigenvalue weighted by Crippen LogP contribution is -2.05. The number of carbonyl (C=O) groups is 1. The van der Waals surface area contributed by atoms with Crippen LogP contribution in [0.5, 0.6) is 0 Å². The van der Waals surface area contributed by atoms with Crippen LogP contribution in [0, 0.1) is 0 Å². The van der Waals surface area contributed by atoms with Crippen LogP contribution in [0.3, 0.4) is 0 Å². The van der Waals surface area contributed by atoms with Gasteiger partial charge < -0.3 is 15.4 Å². The quantitative estimate of drug-likeness (QED) is 0.604. The van der Waals surface area contributed by atoms with E-state index in [0.717, 1.165) is 30.9 Å². The molecule has 1 aromatic carbocycles. The Balaban J connectivity index is 2.01. The third-order valence-electron chi connectivity index (χ3n) is 3.05. The lowest BCUT2D eigenvalue weighted by Gasteiger charge is -2.08. The molecule has 0 unspecified atom stereocenters. The predicted octanol–water partition coefficient (Wildman–Crippen LogP) is 3.22. The number of hydrogen-bond donors (Lipinski definition) is 2. The minimum absolute atomic E-state index is 0.357. The molecule has 0 fully saturated rings. The van der Waals surface area contributed by atoms with Crippen molar-refractivity contribution in [2.24, 2.45) is 0 Å². The van der Waals surface area contributed by atoms with Crippen LogP contribution in [-0.4, -0.2) is 29.6 Å². The fourth-order valence-electron chi connectivity index (χ4n) is 1.85. The van der Waals surface area contributed by atoms with Gasteiger partial charge in [0.05, 0.1) is 12.7 Å². The number of anilines is 3. The molecule has 2 aromatic rings. The summed E-state index contributed by atoms with van der Waals surface area (Å²) in [5.41, 5.74) is 1.31. The summed E-state index contributed by atoms with van der Waals surface area (Å²) in [6.07, 6.45) is 3.93. The first-order valence-electron chi connectivity index (χ1n) is 7.25. The first-order chi connectivity index (χ1) is 10.7. The number of esters is 1. The number of nitrogens with one attached hydrogen (secondary N) is 2. The summed E-state index contributed by atoms with van der Waals surface area (Å²) in [4.78, 5) is 19.9. The molecule has 0 spiro atoms. The van der Waals surface area contributed by atoms with E-state index in [4.69, 9.17) is 0 Å². The topological polar surface area (TPSA) is 76.1 Å². The van der Waals surface area contributed by atoms with Gasteiger partial charge in [0.25, 0.3) is 0 Å². The molecule has 0 amide bonds. The number of nitrogens with zero attached hydrogens (tertiary/aromatic N) is 2. The molecule has 0 saturated heterocycles. The van der Waals surface area contributed by atoms with Crippen LogP contribution in [0.25, 0.3) is 0 Å². The van der Waals surface area contributed by atoms with E-state index in [1.165, 1.54) is 7.11 Å². The van der Waals surface area contributed by atoms with Crippen molar-refractivity contribution in [3.05, 3.63) is 42.1 Å². The SMILES string of the molecule is CCCCNc1ccnc(Nc2ccc(C(=O)OC)cc2)n1. The molecule has 0 saturated carbocycles. The van der Waals surface area contributed by atoms with Crippen molar-refractivity contribution in [2.45, 2.75) is 19.8 Å². The summed E-state index contributed by atoms with van der Waals surface area (Å²) >= 11 is 0. The van der Waals surface area contributed by atoms with E-state index in [1.807, 2.05) is 6.07 Å². The van der Waals surface area contributed by atoms with Gasteiger partial charge in [-0.2, -0.15) is 4.98 Å². The van der Waals surface area contributed by atoms with E-state index in [0.29, 0.717) is 11.5 Å². The van der Waals surface area contributed by atoms with Crippen molar-refractivity contribution in [1.82, 2.24) is 9.97 Å². The Bertz CT molecular complexity index is 614. The molecule has 0 bridgehead atoms. The van der Waals surface area contributed by atoms with Crippen LogP contribution in [-0.2, 0) is 4.74 Å². The molecule has 1 heterocycles. The number of benzene rings is 1. The summed E-state index contributed by atoms with van der Waals surface area (Å²) in [6, 6.07) is 8.79. The van der Waals surface area contributed by atoms with E-state index in [1.54, 1.807) is 30.5 Å². The fourth-order valence-corrected chi connectivity index (χ4v) is 1.85. The van der Waals surface area contributed by atoms with Gasteiger partial charge in [-0.25, -0.2) is 9.78 Å². The van der Waals surface area contributed by atoms with Gasteiger partial charge >= 0.3 is 5.97 Å². The Morgan fingerprint density at radius 1 is 1.23 bits per heavy atom. The Morgan fingerprint density at radius 2 is 2.00 bits per heavy atom. The van der Waals surface area contributed by atoms with Gasteiger partial charge in [0, 0.05) is 18.4 Å².